The van der Waals surface area contributed by atoms with Crippen LogP contribution >= 0.6 is 11.3 Å². The Morgan fingerprint density at radius 2 is 1.68 bits per heavy atom. The number of rotatable bonds is 5. The topological polar surface area (TPSA) is 42.0 Å². The Morgan fingerprint density at radius 3 is 2.36 bits per heavy atom. The standard InChI is InChI=1S/C21H20N2OS/c1-15-3-7-17(8-4-15)11-12-20(24)23-21-22-14-19(25-21)13-18-9-5-16(2)6-10-18/h3-12,14H,13H2,1-2H3,(H,22,23,24)/b12-11+. The number of nitrogens with one attached hydrogen (secondary N) is 1. The maximum atomic E-state index is 12.0. The first-order valence-corrected chi connectivity index (χ1v) is 8.96. The number of thiazole rings is 1. The minimum absolute atomic E-state index is 0.170. The molecular weight excluding hydrogens is 328 g/mol. The van der Waals surface area contributed by atoms with Crippen LogP contribution in [0.3, 0.4) is 0 Å². The summed E-state index contributed by atoms with van der Waals surface area (Å²) in [5.74, 6) is -0.170. The number of amides is 1. The van der Waals surface area contributed by atoms with Gasteiger partial charge in [-0.3, -0.25) is 10.1 Å². The summed E-state index contributed by atoms with van der Waals surface area (Å²) in [6.07, 6.45) is 5.98. The Balaban J connectivity index is 1.57. The minimum atomic E-state index is -0.170. The lowest BCUT2D eigenvalue weighted by atomic mass is 10.1. The largest absolute Gasteiger partial charge is 0.298 e. The Labute approximate surface area is 152 Å². The first-order chi connectivity index (χ1) is 12.1. The second-order valence-electron chi connectivity index (χ2n) is 6.03. The summed E-state index contributed by atoms with van der Waals surface area (Å²) in [6.45, 7) is 4.12. The maximum Gasteiger partial charge on any atom is 0.250 e. The van der Waals surface area contributed by atoms with Gasteiger partial charge in [-0.1, -0.05) is 59.7 Å². The summed E-state index contributed by atoms with van der Waals surface area (Å²) >= 11 is 1.51. The molecule has 1 heterocycles. The van der Waals surface area contributed by atoms with Gasteiger partial charge in [0, 0.05) is 23.6 Å². The van der Waals surface area contributed by atoms with Crippen molar-refractivity contribution in [2.45, 2.75) is 20.3 Å². The van der Waals surface area contributed by atoms with Crippen molar-refractivity contribution >= 4 is 28.5 Å². The molecule has 1 aromatic heterocycles. The first kappa shape index (κ1) is 17.1. The van der Waals surface area contributed by atoms with Crippen molar-refractivity contribution in [1.29, 1.82) is 0 Å². The number of aryl methyl sites for hydroxylation is 2. The van der Waals surface area contributed by atoms with E-state index in [4.69, 9.17) is 0 Å². The number of aromatic nitrogens is 1. The van der Waals surface area contributed by atoms with Gasteiger partial charge in [-0.05, 0) is 31.1 Å². The maximum absolute atomic E-state index is 12.0. The molecule has 126 valence electrons. The van der Waals surface area contributed by atoms with Crippen molar-refractivity contribution in [2.24, 2.45) is 0 Å². The molecule has 0 fully saturated rings. The molecule has 0 saturated heterocycles. The number of carbonyl (C=O) groups excluding carboxylic acids is 1. The molecule has 0 atom stereocenters. The van der Waals surface area contributed by atoms with E-state index in [-0.39, 0.29) is 5.91 Å². The zero-order chi connectivity index (χ0) is 17.6. The molecule has 0 unspecified atom stereocenters. The summed E-state index contributed by atoms with van der Waals surface area (Å²) in [5.41, 5.74) is 4.69. The smallest absolute Gasteiger partial charge is 0.250 e. The fraction of sp³-hybridized carbons (Fsp3) is 0.143. The Bertz CT molecular complexity index is 877. The van der Waals surface area contributed by atoms with Crippen molar-refractivity contribution in [3.8, 4) is 0 Å². The van der Waals surface area contributed by atoms with Crippen LogP contribution < -0.4 is 5.32 Å². The Hall–Kier alpha value is -2.72. The van der Waals surface area contributed by atoms with Gasteiger partial charge in [-0.25, -0.2) is 4.98 Å². The average molecular weight is 348 g/mol. The van der Waals surface area contributed by atoms with Gasteiger partial charge >= 0.3 is 0 Å². The van der Waals surface area contributed by atoms with Crippen molar-refractivity contribution in [1.82, 2.24) is 4.98 Å². The number of hydrogen-bond donors (Lipinski definition) is 1. The number of hydrogen-bond acceptors (Lipinski definition) is 3. The lowest BCUT2D eigenvalue weighted by molar-refractivity contribution is -0.111. The molecule has 2 aromatic carbocycles. The highest BCUT2D eigenvalue weighted by molar-refractivity contribution is 7.15. The summed E-state index contributed by atoms with van der Waals surface area (Å²) in [5, 5.41) is 3.45. The molecule has 1 N–H and O–H groups in total. The van der Waals surface area contributed by atoms with Gasteiger partial charge in [0.1, 0.15) is 0 Å². The van der Waals surface area contributed by atoms with Gasteiger partial charge < -0.3 is 0 Å². The second kappa shape index (κ2) is 7.90. The number of benzene rings is 2. The second-order valence-corrected chi connectivity index (χ2v) is 7.14. The van der Waals surface area contributed by atoms with Gasteiger partial charge in [-0.2, -0.15) is 0 Å². The van der Waals surface area contributed by atoms with E-state index < -0.39 is 0 Å². The van der Waals surface area contributed by atoms with Gasteiger partial charge in [0.25, 0.3) is 0 Å². The fourth-order valence-electron chi connectivity index (χ4n) is 2.35. The van der Waals surface area contributed by atoms with Crippen LogP contribution in [0.2, 0.25) is 0 Å². The van der Waals surface area contributed by atoms with Crippen LogP contribution in [0.5, 0.6) is 0 Å². The van der Waals surface area contributed by atoms with Crippen LogP contribution in [-0.4, -0.2) is 10.9 Å². The van der Waals surface area contributed by atoms with E-state index in [0.29, 0.717) is 5.13 Å². The zero-order valence-corrected chi connectivity index (χ0v) is 15.1. The third kappa shape index (κ3) is 5.13. The molecule has 0 spiro atoms. The van der Waals surface area contributed by atoms with E-state index in [1.54, 1.807) is 6.08 Å². The molecular formula is C21H20N2OS. The van der Waals surface area contributed by atoms with E-state index in [1.807, 2.05) is 37.4 Å². The molecule has 0 aliphatic rings. The molecule has 25 heavy (non-hydrogen) atoms. The van der Waals surface area contributed by atoms with Gasteiger partial charge in [0.15, 0.2) is 5.13 Å². The van der Waals surface area contributed by atoms with E-state index in [9.17, 15) is 4.79 Å². The van der Waals surface area contributed by atoms with Crippen LogP contribution in [0.25, 0.3) is 6.08 Å². The minimum Gasteiger partial charge on any atom is -0.298 e. The van der Waals surface area contributed by atoms with E-state index in [1.165, 1.54) is 34.1 Å². The summed E-state index contributed by atoms with van der Waals surface area (Å²) in [7, 11) is 0. The molecule has 0 aliphatic carbocycles. The average Bonchev–Trinajstić information content (AvgIpc) is 3.03. The predicted octanol–water partition coefficient (Wildman–Crippen LogP) is 5.00. The van der Waals surface area contributed by atoms with E-state index in [0.717, 1.165) is 16.9 Å². The van der Waals surface area contributed by atoms with Crippen molar-refractivity contribution in [3.63, 3.8) is 0 Å². The zero-order valence-electron chi connectivity index (χ0n) is 14.3. The molecule has 3 nitrogen and oxygen atoms in total. The number of carbonyl (C=O) groups is 1. The van der Waals surface area contributed by atoms with Gasteiger partial charge in [0.05, 0.1) is 0 Å². The molecule has 3 aromatic rings. The van der Waals surface area contributed by atoms with E-state index >= 15 is 0 Å². The lowest BCUT2D eigenvalue weighted by Gasteiger charge is -1.99. The summed E-state index contributed by atoms with van der Waals surface area (Å²) in [6, 6.07) is 16.5. The van der Waals surface area contributed by atoms with Crippen LogP contribution in [-0.2, 0) is 11.2 Å². The Kier molecular flexibility index (Phi) is 5.41. The Morgan fingerprint density at radius 1 is 1.04 bits per heavy atom. The van der Waals surface area contributed by atoms with Gasteiger partial charge in [0.2, 0.25) is 5.91 Å². The summed E-state index contributed by atoms with van der Waals surface area (Å²) in [4.78, 5) is 17.4. The van der Waals surface area contributed by atoms with Crippen molar-refractivity contribution in [2.75, 3.05) is 5.32 Å². The highest BCUT2D eigenvalue weighted by Crippen LogP contribution is 2.21. The van der Waals surface area contributed by atoms with Crippen molar-refractivity contribution in [3.05, 3.63) is 87.9 Å². The molecule has 0 aliphatic heterocycles. The van der Waals surface area contributed by atoms with Crippen LogP contribution in [0, 0.1) is 13.8 Å². The predicted molar refractivity (Wildman–Crippen MR) is 105 cm³/mol. The first-order valence-electron chi connectivity index (χ1n) is 8.14. The highest BCUT2D eigenvalue weighted by Gasteiger charge is 2.05. The third-order valence-corrected chi connectivity index (χ3v) is 4.70. The van der Waals surface area contributed by atoms with Crippen molar-refractivity contribution < 1.29 is 4.79 Å². The van der Waals surface area contributed by atoms with E-state index in [2.05, 4.69) is 41.5 Å². The molecule has 3 rings (SSSR count). The van der Waals surface area contributed by atoms with Crippen LogP contribution in [0.15, 0.2) is 60.8 Å². The third-order valence-electron chi connectivity index (χ3n) is 3.79. The number of nitrogens with zero attached hydrogens (tertiary/aromatic N) is 1. The molecule has 4 heteroatoms. The lowest BCUT2D eigenvalue weighted by Crippen LogP contribution is -2.07. The molecule has 1 amide bonds. The van der Waals surface area contributed by atoms with Crippen LogP contribution in [0.4, 0.5) is 5.13 Å². The van der Waals surface area contributed by atoms with Crippen LogP contribution in [0.1, 0.15) is 27.1 Å². The number of anilines is 1. The molecule has 0 saturated carbocycles. The summed E-state index contributed by atoms with van der Waals surface area (Å²) < 4.78 is 0. The quantitative estimate of drug-likeness (QED) is 0.659. The molecule has 0 radical (unpaired) electrons. The monoisotopic (exact) mass is 348 g/mol. The SMILES string of the molecule is Cc1ccc(/C=C/C(=O)Nc2ncc(Cc3ccc(C)cc3)s2)cc1. The van der Waals surface area contributed by atoms with Gasteiger partial charge in [-0.15, -0.1) is 11.3 Å². The fourth-order valence-corrected chi connectivity index (χ4v) is 3.20. The molecule has 0 bridgehead atoms. The highest BCUT2D eigenvalue weighted by atomic mass is 32.1. The normalized spacial score (nSPS) is 11.0.